The van der Waals surface area contributed by atoms with Crippen LogP contribution in [0.3, 0.4) is 0 Å². The van der Waals surface area contributed by atoms with E-state index in [0.29, 0.717) is 17.3 Å². The van der Waals surface area contributed by atoms with Gasteiger partial charge in [-0.3, -0.25) is 4.40 Å². The van der Waals surface area contributed by atoms with E-state index >= 15 is 0 Å². The van der Waals surface area contributed by atoms with Gasteiger partial charge in [-0.25, -0.2) is 18.1 Å². The van der Waals surface area contributed by atoms with Crippen LogP contribution in [0.4, 0.5) is 5.82 Å². The average molecular weight is 328 g/mol. The number of anilines is 1. The molecule has 3 rings (SSSR count). The second kappa shape index (κ2) is 5.26. The summed E-state index contributed by atoms with van der Waals surface area (Å²) in [6.07, 6.45) is 6.26. The number of thiazole rings is 1. The molecule has 6 nitrogen and oxygen atoms in total. The molecule has 2 aromatic rings. The minimum Gasteiger partial charge on any atom is -0.371 e. The average Bonchev–Trinajstić information content (AvgIpc) is 3.11. The number of rotatable bonds is 5. The van der Waals surface area contributed by atoms with E-state index in [-0.39, 0.29) is 10.4 Å². The van der Waals surface area contributed by atoms with Gasteiger partial charge in [0.15, 0.2) is 15.8 Å². The smallest absolute Gasteiger partial charge is 0.260 e. The van der Waals surface area contributed by atoms with E-state index in [1.165, 1.54) is 24.2 Å². The summed E-state index contributed by atoms with van der Waals surface area (Å²) in [6.45, 7) is 2.63. The summed E-state index contributed by atoms with van der Waals surface area (Å²) in [5, 5.41) is 4.90. The molecule has 2 N–H and O–H groups in total. The Morgan fingerprint density at radius 2 is 2.14 bits per heavy atom. The maximum Gasteiger partial charge on any atom is 0.260 e. The van der Waals surface area contributed by atoms with Crippen molar-refractivity contribution in [2.75, 3.05) is 18.9 Å². The van der Waals surface area contributed by atoms with Crippen LogP contribution in [-0.4, -0.2) is 31.4 Å². The largest absolute Gasteiger partial charge is 0.371 e. The molecule has 0 aromatic carbocycles. The predicted octanol–water partition coefficient (Wildman–Crippen LogP) is 2.30. The van der Waals surface area contributed by atoms with Crippen LogP contribution in [0.1, 0.15) is 32.6 Å². The lowest BCUT2D eigenvalue weighted by Gasteiger charge is -2.23. The number of sulfonamides is 1. The number of nitrogens with zero attached hydrogens (tertiary/aromatic N) is 2. The molecule has 0 amide bonds. The van der Waals surface area contributed by atoms with Crippen LogP contribution in [0, 0.1) is 5.41 Å². The van der Waals surface area contributed by atoms with E-state index in [2.05, 4.69) is 21.9 Å². The van der Waals surface area contributed by atoms with Crippen LogP contribution < -0.4 is 10.0 Å². The Labute approximate surface area is 128 Å². The van der Waals surface area contributed by atoms with Gasteiger partial charge in [-0.1, -0.05) is 19.8 Å². The lowest BCUT2D eigenvalue weighted by molar-refractivity contribution is 0.336. The van der Waals surface area contributed by atoms with Gasteiger partial charge in [0, 0.05) is 25.2 Å². The molecule has 0 aliphatic heterocycles. The normalized spacial score (nSPS) is 18.4. The Hall–Kier alpha value is -1.12. The Morgan fingerprint density at radius 1 is 1.43 bits per heavy atom. The summed E-state index contributed by atoms with van der Waals surface area (Å²) < 4.78 is 29.8. The SMILES string of the molecule is CNc1nc2sccn2c1S(=O)(=O)NCC1(C)CCCC1. The van der Waals surface area contributed by atoms with Crippen LogP contribution >= 0.6 is 11.3 Å². The minimum absolute atomic E-state index is 0.0747. The molecular formula is C13H20N4O2S2. The van der Waals surface area contributed by atoms with Crippen molar-refractivity contribution in [2.45, 2.75) is 37.6 Å². The van der Waals surface area contributed by atoms with Crippen molar-refractivity contribution in [2.24, 2.45) is 5.41 Å². The molecule has 2 aromatic heterocycles. The van der Waals surface area contributed by atoms with Crippen molar-refractivity contribution in [3.63, 3.8) is 0 Å². The van der Waals surface area contributed by atoms with Gasteiger partial charge in [0.05, 0.1) is 0 Å². The number of hydrogen-bond donors (Lipinski definition) is 2. The highest BCUT2D eigenvalue weighted by Crippen LogP contribution is 2.37. The third kappa shape index (κ3) is 2.67. The maximum absolute atomic E-state index is 12.7. The molecule has 0 spiro atoms. The number of imidazole rings is 1. The molecule has 2 heterocycles. The zero-order chi connectivity index (χ0) is 15.1. The summed E-state index contributed by atoms with van der Waals surface area (Å²) >= 11 is 1.42. The highest BCUT2D eigenvalue weighted by atomic mass is 32.2. The highest BCUT2D eigenvalue weighted by molar-refractivity contribution is 7.89. The van der Waals surface area contributed by atoms with Gasteiger partial charge in [-0.2, -0.15) is 0 Å². The first-order valence-electron chi connectivity index (χ1n) is 7.08. The van der Waals surface area contributed by atoms with E-state index in [1.54, 1.807) is 17.6 Å². The molecule has 0 bridgehead atoms. The highest BCUT2D eigenvalue weighted by Gasteiger charge is 2.32. The van der Waals surface area contributed by atoms with Gasteiger partial charge in [0.25, 0.3) is 10.0 Å². The molecule has 0 saturated heterocycles. The zero-order valence-corrected chi connectivity index (χ0v) is 13.9. The van der Waals surface area contributed by atoms with E-state index in [0.717, 1.165) is 12.8 Å². The molecule has 1 aliphatic rings. The molecule has 21 heavy (non-hydrogen) atoms. The number of aromatic nitrogens is 2. The molecule has 1 saturated carbocycles. The summed E-state index contributed by atoms with van der Waals surface area (Å²) in [7, 11) is -1.90. The van der Waals surface area contributed by atoms with E-state index in [9.17, 15) is 8.42 Å². The van der Waals surface area contributed by atoms with Gasteiger partial charge in [-0.15, -0.1) is 11.3 Å². The quantitative estimate of drug-likeness (QED) is 0.883. The standard InChI is InChI=1S/C13H20N4O2S2/c1-13(5-3-4-6-13)9-15-21(18,19)11-10(14-2)16-12-17(11)7-8-20-12/h7-8,14-15H,3-6,9H2,1-2H3. The number of hydrogen-bond acceptors (Lipinski definition) is 5. The Kier molecular flexibility index (Phi) is 3.71. The molecular weight excluding hydrogens is 308 g/mol. The van der Waals surface area contributed by atoms with E-state index in [1.807, 2.05) is 5.38 Å². The lowest BCUT2D eigenvalue weighted by atomic mass is 9.89. The number of nitrogens with one attached hydrogen (secondary N) is 2. The van der Waals surface area contributed by atoms with Crippen LogP contribution in [0.25, 0.3) is 4.96 Å². The molecule has 0 radical (unpaired) electrons. The second-order valence-corrected chi connectivity index (χ2v) is 8.47. The molecule has 0 atom stereocenters. The van der Waals surface area contributed by atoms with Crippen molar-refractivity contribution in [1.82, 2.24) is 14.1 Å². The first-order chi connectivity index (χ1) is 9.95. The van der Waals surface area contributed by atoms with Crippen LogP contribution in [0.15, 0.2) is 16.6 Å². The van der Waals surface area contributed by atoms with Gasteiger partial charge in [0.1, 0.15) is 0 Å². The van der Waals surface area contributed by atoms with Crippen LogP contribution in [-0.2, 0) is 10.0 Å². The zero-order valence-electron chi connectivity index (χ0n) is 12.2. The fourth-order valence-electron chi connectivity index (χ4n) is 2.93. The second-order valence-electron chi connectivity index (χ2n) is 5.91. The first-order valence-corrected chi connectivity index (χ1v) is 9.44. The van der Waals surface area contributed by atoms with Crippen molar-refractivity contribution in [3.8, 4) is 0 Å². The monoisotopic (exact) mass is 328 g/mol. The summed E-state index contributed by atoms with van der Waals surface area (Å²) in [5.74, 6) is 0.394. The summed E-state index contributed by atoms with van der Waals surface area (Å²) in [5.41, 5.74) is 0.0747. The van der Waals surface area contributed by atoms with E-state index in [4.69, 9.17) is 0 Å². The maximum atomic E-state index is 12.7. The third-order valence-corrected chi connectivity index (χ3v) is 6.39. The molecule has 116 valence electrons. The van der Waals surface area contributed by atoms with Gasteiger partial charge < -0.3 is 5.32 Å². The topological polar surface area (TPSA) is 75.5 Å². The fraction of sp³-hybridized carbons (Fsp3) is 0.615. The lowest BCUT2D eigenvalue weighted by Crippen LogP contribution is -2.34. The third-order valence-electron chi connectivity index (χ3n) is 4.21. The molecule has 0 unspecified atom stereocenters. The summed E-state index contributed by atoms with van der Waals surface area (Å²) in [6, 6.07) is 0. The van der Waals surface area contributed by atoms with Crippen molar-refractivity contribution < 1.29 is 8.42 Å². The van der Waals surface area contributed by atoms with Crippen molar-refractivity contribution in [1.29, 1.82) is 0 Å². The summed E-state index contributed by atoms with van der Waals surface area (Å²) in [4.78, 5) is 4.98. The Morgan fingerprint density at radius 3 is 2.81 bits per heavy atom. The van der Waals surface area contributed by atoms with Gasteiger partial charge in [0.2, 0.25) is 0 Å². The molecule has 1 aliphatic carbocycles. The van der Waals surface area contributed by atoms with Gasteiger partial charge >= 0.3 is 0 Å². The van der Waals surface area contributed by atoms with Crippen molar-refractivity contribution >= 4 is 32.1 Å². The Balaban J connectivity index is 1.90. The number of fused-ring (bicyclic) bond motifs is 1. The fourth-order valence-corrected chi connectivity index (χ4v) is 5.18. The first kappa shape index (κ1) is 14.8. The van der Waals surface area contributed by atoms with Crippen LogP contribution in [0.5, 0.6) is 0 Å². The minimum atomic E-state index is -3.59. The Bertz CT molecular complexity index is 741. The van der Waals surface area contributed by atoms with Crippen LogP contribution in [0.2, 0.25) is 0 Å². The molecule has 8 heteroatoms. The van der Waals surface area contributed by atoms with E-state index < -0.39 is 10.0 Å². The van der Waals surface area contributed by atoms with Crippen molar-refractivity contribution in [3.05, 3.63) is 11.6 Å². The molecule has 1 fully saturated rings. The van der Waals surface area contributed by atoms with Gasteiger partial charge in [-0.05, 0) is 18.3 Å². The predicted molar refractivity (Wildman–Crippen MR) is 84.4 cm³/mol.